The van der Waals surface area contributed by atoms with Crippen LogP contribution < -0.4 is 5.32 Å². The van der Waals surface area contributed by atoms with Gasteiger partial charge in [0.2, 0.25) is 0 Å². The van der Waals surface area contributed by atoms with Crippen LogP contribution in [0.3, 0.4) is 0 Å². The molecule has 2 heteroatoms. The van der Waals surface area contributed by atoms with Crippen LogP contribution in [0.15, 0.2) is 24.4 Å². The molecular formula is C11H20N2. The van der Waals surface area contributed by atoms with Crippen LogP contribution in [0.1, 0.15) is 19.8 Å². The number of nitrogens with one attached hydrogen (secondary N) is 1. The molecule has 1 heterocycles. The molecule has 0 aromatic carbocycles. The summed E-state index contributed by atoms with van der Waals surface area (Å²) in [6, 6.07) is 0.658. The lowest BCUT2D eigenvalue weighted by Crippen LogP contribution is -2.38. The second-order valence-electron chi connectivity index (χ2n) is 3.84. The van der Waals surface area contributed by atoms with Gasteiger partial charge < -0.3 is 10.2 Å². The molecule has 1 fully saturated rings. The molecule has 1 N–H and O–H groups in total. The Morgan fingerprint density at radius 1 is 1.46 bits per heavy atom. The maximum absolute atomic E-state index is 3.72. The van der Waals surface area contributed by atoms with Gasteiger partial charge in [-0.2, -0.15) is 0 Å². The van der Waals surface area contributed by atoms with Gasteiger partial charge in [0, 0.05) is 6.04 Å². The molecule has 0 bridgehead atoms. The van der Waals surface area contributed by atoms with E-state index in [1.165, 1.54) is 31.5 Å². The molecule has 13 heavy (non-hydrogen) atoms. The van der Waals surface area contributed by atoms with E-state index in [1.54, 1.807) is 0 Å². The highest BCUT2D eigenvalue weighted by Gasteiger charge is 2.14. The zero-order chi connectivity index (χ0) is 9.68. The fourth-order valence-corrected chi connectivity index (χ4v) is 1.48. The minimum atomic E-state index is 0.658. The third-order valence-corrected chi connectivity index (χ3v) is 2.59. The molecule has 0 radical (unpaired) electrons. The quantitative estimate of drug-likeness (QED) is 0.666. The number of piperidine rings is 1. The smallest absolute Gasteiger partial charge is 0.0280 e. The topological polar surface area (TPSA) is 15.3 Å². The lowest BCUT2D eigenvalue weighted by molar-refractivity contribution is 0.244. The molecule has 0 saturated carbocycles. The highest BCUT2D eigenvalue weighted by atomic mass is 15.1. The van der Waals surface area contributed by atoms with Crippen molar-refractivity contribution in [1.82, 2.24) is 10.2 Å². The first kappa shape index (κ1) is 10.3. The normalized spacial score (nSPS) is 21.5. The summed E-state index contributed by atoms with van der Waals surface area (Å²) < 4.78 is 0. The highest BCUT2D eigenvalue weighted by Crippen LogP contribution is 2.08. The van der Waals surface area contributed by atoms with Crippen molar-refractivity contribution in [1.29, 1.82) is 0 Å². The van der Waals surface area contributed by atoms with E-state index in [-0.39, 0.29) is 0 Å². The van der Waals surface area contributed by atoms with Crippen LogP contribution in [0, 0.1) is 0 Å². The number of rotatable bonds is 3. The zero-order valence-electron chi connectivity index (χ0n) is 8.71. The van der Waals surface area contributed by atoms with Crippen molar-refractivity contribution >= 4 is 0 Å². The van der Waals surface area contributed by atoms with Gasteiger partial charge in [-0.3, -0.25) is 0 Å². The van der Waals surface area contributed by atoms with Crippen LogP contribution in [0.5, 0.6) is 0 Å². The van der Waals surface area contributed by atoms with E-state index in [0.717, 1.165) is 0 Å². The summed E-state index contributed by atoms with van der Waals surface area (Å²) in [5, 5.41) is 3.43. The van der Waals surface area contributed by atoms with Gasteiger partial charge in [0.15, 0.2) is 0 Å². The highest BCUT2D eigenvalue weighted by molar-refractivity contribution is 5.11. The Labute approximate surface area is 81.3 Å². The number of hydrogen-bond donors (Lipinski definition) is 1. The second-order valence-corrected chi connectivity index (χ2v) is 3.84. The first-order chi connectivity index (χ1) is 6.22. The summed E-state index contributed by atoms with van der Waals surface area (Å²) in [5.74, 6) is 0. The Balaban J connectivity index is 2.26. The van der Waals surface area contributed by atoms with Crippen molar-refractivity contribution in [3.8, 4) is 0 Å². The van der Waals surface area contributed by atoms with Gasteiger partial charge >= 0.3 is 0 Å². The van der Waals surface area contributed by atoms with Crippen LogP contribution in [-0.2, 0) is 0 Å². The third-order valence-electron chi connectivity index (χ3n) is 2.59. The predicted octanol–water partition coefficient (Wildman–Crippen LogP) is 1.76. The molecular weight excluding hydrogens is 160 g/mol. The van der Waals surface area contributed by atoms with Gasteiger partial charge in [0.1, 0.15) is 0 Å². The summed E-state index contributed by atoms with van der Waals surface area (Å²) >= 11 is 0. The van der Waals surface area contributed by atoms with Gasteiger partial charge in [0.25, 0.3) is 0 Å². The van der Waals surface area contributed by atoms with Crippen LogP contribution in [-0.4, -0.2) is 31.1 Å². The van der Waals surface area contributed by atoms with Crippen LogP contribution in [0.25, 0.3) is 0 Å². The number of nitrogens with zero attached hydrogens (tertiary/aromatic N) is 1. The van der Waals surface area contributed by atoms with E-state index in [0.29, 0.717) is 6.04 Å². The minimum Gasteiger partial charge on any atom is -0.388 e. The Hall–Kier alpha value is -0.760. The maximum Gasteiger partial charge on any atom is 0.0280 e. The van der Waals surface area contributed by atoms with E-state index in [1.807, 2.05) is 6.08 Å². The summed E-state index contributed by atoms with van der Waals surface area (Å²) in [6.45, 7) is 8.20. The Morgan fingerprint density at radius 2 is 2.08 bits per heavy atom. The summed E-state index contributed by atoms with van der Waals surface area (Å²) in [4.78, 5) is 2.38. The average Bonchev–Trinajstić information content (AvgIpc) is 2.16. The zero-order valence-corrected chi connectivity index (χ0v) is 8.71. The molecule has 0 unspecified atom stereocenters. The molecule has 1 aliphatic rings. The van der Waals surface area contributed by atoms with Gasteiger partial charge in [-0.1, -0.05) is 12.7 Å². The lowest BCUT2D eigenvalue weighted by Gasteiger charge is -2.29. The molecule has 1 aliphatic heterocycles. The van der Waals surface area contributed by atoms with Gasteiger partial charge in [0.05, 0.1) is 0 Å². The van der Waals surface area contributed by atoms with E-state index in [9.17, 15) is 0 Å². The first-order valence-corrected chi connectivity index (χ1v) is 4.96. The molecule has 0 aliphatic carbocycles. The molecule has 74 valence electrons. The van der Waals surface area contributed by atoms with Crippen molar-refractivity contribution in [3.05, 3.63) is 24.4 Å². The SMILES string of the molecule is C=C/C(C)=C\NC1CCN(C)CC1. The van der Waals surface area contributed by atoms with Crippen molar-refractivity contribution < 1.29 is 0 Å². The Bertz CT molecular complexity index is 188. The second kappa shape index (κ2) is 5.07. The molecule has 1 saturated heterocycles. The van der Waals surface area contributed by atoms with Gasteiger partial charge in [-0.05, 0) is 51.7 Å². The number of allylic oxidation sites excluding steroid dienone is 2. The van der Waals surface area contributed by atoms with E-state index in [4.69, 9.17) is 0 Å². The molecule has 0 aromatic rings. The maximum atomic E-state index is 3.72. The molecule has 2 nitrogen and oxygen atoms in total. The first-order valence-electron chi connectivity index (χ1n) is 4.96. The predicted molar refractivity (Wildman–Crippen MR) is 57.6 cm³/mol. The van der Waals surface area contributed by atoms with Crippen molar-refractivity contribution in [2.75, 3.05) is 20.1 Å². The summed E-state index contributed by atoms with van der Waals surface area (Å²) in [6.07, 6.45) is 6.44. The summed E-state index contributed by atoms with van der Waals surface area (Å²) in [7, 11) is 2.18. The summed E-state index contributed by atoms with van der Waals surface area (Å²) in [5.41, 5.74) is 1.21. The van der Waals surface area contributed by atoms with Crippen molar-refractivity contribution in [2.45, 2.75) is 25.8 Å². The lowest BCUT2D eigenvalue weighted by atomic mass is 10.1. The average molecular weight is 180 g/mol. The van der Waals surface area contributed by atoms with Crippen molar-refractivity contribution in [2.24, 2.45) is 0 Å². The van der Waals surface area contributed by atoms with Crippen molar-refractivity contribution in [3.63, 3.8) is 0 Å². The number of hydrogen-bond acceptors (Lipinski definition) is 2. The fraction of sp³-hybridized carbons (Fsp3) is 0.636. The van der Waals surface area contributed by atoms with Crippen LogP contribution in [0.4, 0.5) is 0 Å². The molecule has 0 amide bonds. The number of likely N-dealkylation sites (tertiary alicyclic amines) is 1. The monoisotopic (exact) mass is 180 g/mol. The van der Waals surface area contributed by atoms with Crippen LogP contribution >= 0.6 is 0 Å². The molecule has 0 spiro atoms. The van der Waals surface area contributed by atoms with Crippen LogP contribution in [0.2, 0.25) is 0 Å². The molecule has 0 aromatic heterocycles. The minimum absolute atomic E-state index is 0.658. The standard InChI is InChI=1S/C11H20N2/c1-4-10(2)9-12-11-5-7-13(3)8-6-11/h4,9,11-12H,1,5-8H2,2-3H3/b10-9-. The third kappa shape index (κ3) is 3.64. The van der Waals surface area contributed by atoms with E-state index >= 15 is 0 Å². The largest absolute Gasteiger partial charge is 0.388 e. The van der Waals surface area contributed by atoms with Gasteiger partial charge in [-0.15, -0.1) is 0 Å². The van der Waals surface area contributed by atoms with E-state index < -0.39 is 0 Å². The Kier molecular flexibility index (Phi) is 4.03. The molecule has 0 atom stereocenters. The Morgan fingerprint density at radius 3 is 2.62 bits per heavy atom. The van der Waals surface area contributed by atoms with E-state index in [2.05, 4.69) is 37.0 Å². The molecule has 1 rings (SSSR count). The fourth-order valence-electron chi connectivity index (χ4n) is 1.48. The van der Waals surface area contributed by atoms with Gasteiger partial charge in [-0.25, -0.2) is 0 Å².